The van der Waals surface area contributed by atoms with Crippen molar-refractivity contribution in [1.29, 1.82) is 0 Å². The number of H-pyrrole nitrogens is 1. The number of amides is 4. The number of hydrogen-bond acceptors (Lipinski definition) is 22. The monoisotopic (exact) mass is 1300 g/mol. The van der Waals surface area contributed by atoms with Gasteiger partial charge in [0.15, 0.2) is 5.95 Å². The van der Waals surface area contributed by atoms with Gasteiger partial charge in [-0.05, 0) is 99.3 Å². The van der Waals surface area contributed by atoms with Crippen LogP contribution in [0.5, 0.6) is 11.5 Å². The van der Waals surface area contributed by atoms with Crippen LogP contribution in [0.2, 0.25) is 0 Å². The number of aromatic amines is 1. The molecule has 1 fully saturated rings. The van der Waals surface area contributed by atoms with Crippen molar-refractivity contribution in [2.24, 2.45) is 0 Å². The van der Waals surface area contributed by atoms with Gasteiger partial charge in [-0.25, -0.2) is 18.7 Å². The second-order valence-electron chi connectivity index (χ2n) is 20.8. The van der Waals surface area contributed by atoms with E-state index in [1.807, 2.05) is 21.4 Å². The number of carboxylic acid groups (broad SMARTS) is 3. The van der Waals surface area contributed by atoms with Gasteiger partial charge in [0.2, 0.25) is 27.7 Å². The third-order valence-electron chi connectivity index (χ3n) is 14.1. The van der Waals surface area contributed by atoms with Crippen molar-refractivity contribution in [3.63, 3.8) is 0 Å². The number of aromatic nitrogens is 4. The van der Waals surface area contributed by atoms with E-state index in [1.54, 1.807) is 93.8 Å². The number of aliphatic carboxylic acids is 3. The topological polar surface area (TPSA) is 403 Å². The van der Waals surface area contributed by atoms with Gasteiger partial charge in [0.05, 0.1) is 42.9 Å². The number of fused-ring (bicyclic) bond motifs is 1. The molecule has 1 aliphatic heterocycles. The average Bonchev–Trinajstić information content (AvgIpc) is 1.07. The third kappa shape index (κ3) is 25.1. The average molecular weight is 1300 g/mol. The van der Waals surface area contributed by atoms with Crippen molar-refractivity contribution in [3.05, 3.63) is 95.4 Å². The summed E-state index contributed by atoms with van der Waals surface area (Å²) in [6, 6.07) is 12.4. The first-order valence-electron chi connectivity index (χ1n) is 29.1. The molecule has 3 heterocycles. The molecule has 4 amide bonds. The number of aryl methyl sites for hydroxylation is 3. The van der Waals surface area contributed by atoms with Gasteiger partial charge in [-0.2, -0.15) is 9.82 Å². The Bertz CT molecular complexity index is 3210. The van der Waals surface area contributed by atoms with E-state index in [0.717, 1.165) is 29.4 Å². The zero-order valence-electron chi connectivity index (χ0n) is 51.0. The Labute approximate surface area is 525 Å². The Morgan fingerprint density at radius 3 is 1.97 bits per heavy atom. The summed E-state index contributed by atoms with van der Waals surface area (Å²) >= 11 is 0.420. The Morgan fingerprint density at radius 1 is 0.767 bits per heavy atom. The van der Waals surface area contributed by atoms with Gasteiger partial charge in [-0.15, -0.1) is 0 Å². The zero-order chi connectivity index (χ0) is 65.6. The summed E-state index contributed by atoms with van der Waals surface area (Å²) in [5, 5.41) is 59.1. The summed E-state index contributed by atoms with van der Waals surface area (Å²) < 4.78 is 45.6. The maximum Gasteiger partial charge on any atom is 0.323 e. The van der Waals surface area contributed by atoms with Crippen molar-refractivity contribution in [1.82, 2.24) is 65.3 Å². The molecule has 31 nitrogen and oxygen atoms in total. The second kappa shape index (κ2) is 37.9. The highest BCUT2D eigenvalue weighted by molar-refractivity contribution is 7.90. The van der Waals surface area contributed by atoms with E-state index in [9.17, 15) is 57.3 Å². The molecule has 0 saturated carbocycles. The number of likely N-dealkylation sites (N-methyl/N-ethyl adjacent to an activating group) is 2. The van der Waals surface area contributed by atoms with E-state index >= 15 is 0 Å². The normalized spacial score (nSPS) is 14.6. The number of carboxylic acids is 3. The molecule has 0 spiro atoms. The fourth-order valence-corrected chi connectivity index (χ4v) is 11.5. The van der Waals surface area contributed by atoms with E-state index in [2.05, 4.69) is 60.6 Å². The van der Waals surface area contributed by atoms with E-state index in [-0.39, 0.29) is 60.8 Å². The molecule has 11 N–H and O–H groups in total. The lowest BCUT2D eigenvalue weighted by Crippen LogP contribution is -2.52. The lowest BCUT2D eigenvalue weighted by Gasteiger charge is -2.33. The minimum absolute atomic E-state index is 0.0104. The van der Waals surface area contributed by atoms with Gasteiger partial charge in [-0.3, -0.25) is 52.9 Å². The lowest BCUT2D eigenvalue weighted by molar-refractivity contribution is -0.433. The predicted octanol–water partition coefficient (Wildman–Crippen LogP) is 1.57. The first-order chi connectivity index (χ1) is 43.1. The number of anilines is 1. The molecule has 0 bridgehead atoms. The zero-order valence-corrected chi connectivity index (χ0v) is 52.6. The maximum absolute atomic E-state index is 13.3. The van der Waals surface area contributed by atoms with Crippen molar-refractivity contribution >= 4 is 80.7 Å². The Hall–Kier alpha value is -7.99. The third-order valence-corrected chi connectivity index (χ3v) is 16.3. The molecule has 3 aromatic carbocycles. The minimum atomic E-state index is -4.29. The van der Waals surface area contributed by atoms with Crippen LogP contribution in [0.4, 0.5) is 5.95 Å². The van der Waals surface area contributed by atoms with Crippen LogP contribution in [-0.2, 0) is 61.1 Å². The Morgan fingerprint density at radius 2 is 1.40 bits per heavy atom. The van der Waals surface area contributed by atoms with Crippen LogP contribution in [0.25, 0.3) is 10.9 Å². The summed E-state index contributed by atoms with van der Waals surface area (Å²) in [4.78, 5) is 100.0. The molecule has 33 heteroatoms. The summed E-state index contributed by atoms with van der Waals surface area (Å²) in [7, 11) is -2.74. The quantitative estimate of drug-likeness (QED) is 0.0123. The largest absolute Gasteiger partial charge is 0.494 e. The van der Waals surface area contributed by atoms with Crippen molar-refractivity contribution < 1.29 is 80.8 Å². The highest BCUT2D eigenvalue weighted by Gasteiger charge is 2.30. The summed E-state index contributed by atoms with van der Waals surface area (Å²) in [5.74, 6) is -3.17. The van der Waals surface area contributed by atoms with Crippen LogP contribution in [-0.4, -0.2) is 234 Å². The SMILES string of the molecule is CCNC(=O)[C@@H](Cc1ccc(OSOOO)cc1)NC(=O)CN1CCN(CC)CCN(CC(=O)O)CCN(CC(=O)O)CC1.CNC(=O)CCCOc1cc(C)c(S(=O)(=O)N[C@@H](CNC(=O)c2ccc3c(cnn3CCCNc3ncc[nH]3)c2)C(=O)O)c(C)c1. The Kier molecular flexibility index (Phi) is 30.6. The first kappa shape index (κ1) is 72.8. The molecule has 1 aliphatic rings. The Balaban J connectivity index is 0.000000328. The molecule has 0 radical (unpaired) electrons. The van der Waals surface area contributed by atoms with Crippen molar-refractivity contribution in [3.8, 4) is 11.5 Å². The van der Waals surface area contributed by atoms with Crippen LogP contribution in [0.3, 0.4) is 0 Å². The summed E-state index contributed by atoms with van der Waals surface area (Å²) in [6.07, 6.45) is 6.83. The fourth-order valence-electron chi connectivity index (χ4n) is 9.58. The number of carbonyl (C=O) groups excluding carboxylic acids is 4. The summed E-state index contributed by atoms with van der Waals surface area (Å²) in [5.41, 5.74) is 2.58. The molecule has 2 aromatic heterocycles. The molecule has 6 rings (SSSR count). The van der Waals surface area contributed by atoms with E-state index < -0.39 is 52.5 Å². The number of sulfonamides is 1. The summed E-state index contributed by atoms with van der Waals surface area (Å²) in [6.45, 7) is 12.7. The molecule has 0 unspecified atom stereocenters. The van der Waals surface area contributed by atoms with Gasteiger partial charge in [-0.1, -0.05) is 28.4 Å². The smallest absolute Gasteiger partial charge is 0.323 e. The molecule has 90 heavy (non-hydrogen) atoms. The number of imidazole rings is 1. The van der Waals surface area contributed by atoms with Crippen LogP contribution in [0.15, 0.2) is 78.1 Å². The molecular formula is C57H82N14O17S2. The fraction of sp³-hybridized carbons (Fsp3) is 0.491. The number of ether oxygens (including phenoxy) is 1. The van der Waals surface area contributed by atoms with Crippen LogP contribution < -0.4 is 40.2 Å². The van der Waals surface area contributed by atoms with Crippen LogP contribution in [0, 0.1) is 13.8 Å². The first-order valence-corrected chi connectivity index (χ1v) is 31.2. The number of carbonyl (C=O) groups is 7. The van der Waals surface area contributed by atoms with E-state index in [4.69, 9.17) is 14.2 Å². The van der Waals surface area contributed by atoms with Crippen molar-refractivity contribution in [2.75, 3.05) is 117 Å². The number of nitrogens with zero attached hydrogens (tertiary/aromatic N) is 7. The number of benzene rings is 3. The van der Waals surface area contributed by atoms with Crippen LogP contribution >= 0.6 is 12.3 Å². The van der Waals surface area contributed by atoms with Gasteiger partial charge < -0.3 is 60.7 Å². The van der Waals surface area contributed by atoms with E-state index in [1.165, 1.54) is 12.1 Å². The van der Waals surface area contributed by atoms with E-state index in [0.29, 0.717) is 126 Å². The molecule has 0 aliphatic carbocycles. The standard InChI is InChI=1S/C30H38N8O7S.C27H44N6O10S/c1-19-14-23(45-13-4-6-26(39)31-3)15-20(2)27(19)46(43,44)37-24(29(41)42)18-35-28(40)21-7-8-25-22(16-21)17-36-38(25)12-5-9-32-30-33-10-11-34-30;1-3-28-27(39)23(17-21-5-7-22(8-6-21)41-44-43-42-40)29-24(34)18-31-11-9-30(4-2)10-12-32(19-25(35)36)15-16-33(14-13-31)20-26(37)38/h7-8,10-11,14-17,24,37H,4-6,9,12-13,18H2,1-3H3,(H,31,39)(H,35,40)(H,41,42)(H2,32,33,34);5-8,23,40H,3-4,9-20H2,1-2H3,(H,28,39)(H,29,34)(H,35,36)(H,37,38)/t24-;23-/m01/s1. The highest BCUT2D eigenvalue weighted by Crippen LogP contribution is 2.27. The molecule has 1 saturated heterocycles. The molecule has 5 aromatic rings. The number of rotatable bonds is 33. The second-order valence-corrected chi connectivity index (χ2v) is 22.9. The van der Waals surface area contributed by atoms with Crippen LogP contribution in [0.1, 0.15) is 60.2 Å². The van der Waals surface area contributed by atoms with Gasteiger partial charge in [0.1, 0.15) is 23.6 Å². The minimum Gasteiger partial charge on any atom is -0.494 e. The van der Waals surface area contributed by atoms with Gasteiger partial charge in [0, 0.05) is 122 Å². The maximum atomic E-state index is 13.3. The van der Waals surface area contributed by atoms with Gasteiger partial charge >= 0.3 is 17.9 Å². The molecule has 494 valence electrons. The highest BCUT2D eigenvalue weighted by atomic mass is 32.2. The predicted molar refractivity (Wildman–Crippen MR) is 331 cm³/mol. The molecular weight excluding hydrogens is 1220 g/mol. The van der Waals surface area contributed by atoms with Gasteiger partial charge in [0.25, 0.3) is 18.2 Å². The molecule has 2 atom stereocenters. The lowest BCUT2D eigenvalue weighted by atomic mass is 10.0. The number of nitrogens with one attached hydrogen (secondary N) is 7. The van der Waals surface area contributed by atoms with Crippen molar-refractivity contribution in [2.45, 2.75) is 76.9 Å². The number of hydrogen-bond donors (Lipinski definition) is 11.